The Bertz CT molecular complexity index is 342. The number of fused-ring (bicyclic) bond motifs is 1. The zero-order valence-electron chi connectivity index (χ0n) is 13.4. The van der Waals surface area contributed by atoms with Crippen LogP contribution in [0.1, 0.15) is 73.6 Å². The number of rotatable bonds is 0. The second-order valence-corrected chi connectivity index (χ2v) is 8.90. The molecule has 2 aliphatic carbocycles. The minimum Gasteiger partial charge on any atom is -0.0995 e. The Balaban J connectivity index is 2.44. The van der Waals surface area contributed by atoms with E-state index in [1.165, 1.54) is 37.7 Å². The molecule has 2 aliphatic rings. The molecule has 3 unspecified atom stereocenters. The second kappa shape index (κ2) is 4.12. The van der Waals surface area contributed by atoms with Gasteiger partial charge in [0.2, 0.25) is 0 Å². The topological polar surface area (TPSA) is 0 Å². The molecule has 0 heterocycles. The van der Waals surface area contributed by atoms with Gasteiger partial charge in [-0.25, -0.2) is 0 Å². The largest absolute Gasteiger partial charge is 0.0995 e. The minimum atomic E-state index is 0.359. The molecule has 18 heavy (non-hydrogen) atoms. The molecule has 0 spiro atoms. The standard InChI is InChI=1S/C18H32/c1-13-9-10-14-17(5,6)11-8-12-18(14,7)15(13)16(2,3)4/h14-15H,1,8-12H2,2-7H3. The van der Waals surface area contributed by atoms with Gasteiger partial charge in [-0.05, 0) is 53.8 Å². The van der Waals surface area contributed by atoms with Crippen LogP contribution in [0.5, 0.6) is 0 Å². The van der Waals surface area contributed by atoms with Crippen LogP contribution >= 0.6 is 0 Å². The van der Waals surface area contributed by atoms with Crippen molar-refractivity contribution < 1.29 is 0 Å². The molecule has 0 aromatic heterocycles. The number of hydrogen-bond donors (Lipinski definition) is 0. The first kappa shape index (κ1) is 14.2. The molecule has 0 radical (unpaired) electrons. The maximum Gasteiger partial charge on any atom is -0.0100 e. The van der Waals surface area contributed by atoms with E-state index in [-0.39, 0.29) is 0 Å². The Hall–Kier alpha value is -0.260. The Kier molecular flexibility index (Phi) is 3.24. The van der Waals surface area contributed by atoms with Gasteiger partial charge in [0.25, 0.3) is 0 Å². The summed E-state index contributed by atoms with van der Waals surface area (Å²) in [7, 11) is 0. The summed E-state index contributed by atoms with van der Waals surface area (Å²) in [6, 6.07) is 0. The fourth-order valence-corrected chi connectivity index (χ4v) is 5.77. The molecular formula is C18H32. The Morgan fingerprint density at radius 2 is 1.72 bits per heavy atom. The van der Waals surface area contributed by atoms with Gasteiger partial charge in [-0.1, -0.05) is 60.1 Å². The van der Waals surface area contributed by atoms with Crippen LogP contribution in [-0.2, 0) is 0 Å². The molecule has 0 aliphatic heterocycles. The third kappa shape index (κ3) is 2.06. The first-order valence-electron chi connectivity index (χ1n) is 7.77. The Morgan fingerprint density at radius 1 is 1.11 bits per heavy atom. The molecule has 3 atom stereocenters. The van der Waals surface area contributed by atoms with Gasteiger partial charge in [-0.2, -0.15) is 0 Å². The van der Waals surface area contributed by atoms with Gasteiger partial charge in [-0.3, -0.25) is 0 Å². The van der Waals surface area contributed by atoms with Crippen molar-refractivity contribution in [1.29, 1.82) is 0 Å². The van der Waals surface area contributed by atoms with Crippen molar-refractivity contribution in [2.75, 3.05) is 0 Å². The lowest BCUT2D eigenvalue weighted by atomic mass is 9.44. The predicted molar refractivity (Wildman–Crippen MR) is 80.5 cm³/mol. The summed E-state index contributed by atoms with van der Waals surface area (Å²) in [4.78, 5) is 0. The van der Waals surface area contributed by atoms with Crippen LogP contribution in [-0.4, -0.2) is 0 Å². The van der Waals surface area contributed by atoms with Crippen LogP contribution in [0, 0.1) is 28.1 Å². The van der Waals surface area contributed by atoms with Crippen LogP contribution < -0.4 is 0 Å². The smallest absolute Gasteiger partial charge is 0.0100 e. The van der Waals surface area contributed by atoms with E-state index in [2.05, 4.69) is 48.1 Å². The summed E-state index contributed by atoms with van der Waals surface area (Å²) in [5.74, 6) is 1.58. The first-order valence-corrected chi connectivity index (χ1v) is 7.77. The van der Waals surface area contributed by atoms with E-state index in [0.29, 0.717) is 22.2 Å². The Labute approximate surface area is 114 Å². The molecule has 2 rings (SSSR count). The summed E-state index contributed by atoms with van der Waals surface area (Å²) in [6.45, 7) is 19.3. The lowest BCUT2D eigenvalue weighted by molar-refractivity contribution is -0.0821. The van der Waals surface area contributed by atoms with Crippen molar-refractivity contribution in [3.05, 3.63) is 12.2 Å². The summed E-state index contributed by atoms with van der Waals surface area (Å²) < 4.78 is 0. The monoisotopic (exact) mass is 248 g/mol. The van der Waals surface area contributed by atoms with E-state index < -0.39 is 0 Å². The molecule has 0 saturated heterocycles. The van der Waals surface area contributed by atoms with Gasteiger partial charge in [-0.15, -0.1) is 0 Å². The molecular weight excluding hydrogens is 216 g/mol. The van der Waals surface area contributed by atoms with Crippen LogP contribution in [0.25, 0.3) is 0 Å². The summed E-state index contributed by atoms with van der Waals surface area (Å²) in [5, 5.41) is 0. The SMILES string of the molecule is C=C1CCC2C(C)(C)CCCC2(C)C1C(C)(C)C. The zero-order valence-corrected chi connectivity index (χ0v) is 13.4. The fourth-order valence-electron chi connectivity index (χ4n) is 5.77. The number of hydrogen-bond acceptors (Lipinski definition) is 0. The van der Waals surface area contributed by atoms with Gasteiger partial charge in [0.05, 0.1) is 0 Å². The van der Waals surface area contributed by atoms with Gasteiger partial charge in [0.15, 0.2) is 0 Å². The molecule has 0 heteroatoms. The van der Waals surface area contributed by atoms with Crippen molar-refractivity contribution in [3.8, 4) is 0 Å². The van der Waals surface area contributed by atoms with Crippen molar-refractivity contribution in [3.63, 3.8) is 0 Å². The first-order chi connectivity index (χ1) is 8.09. The van der Waals surface area contributed by atoms with Crippen LogP contribution in [0.2, 0.25) is 0 Å². The normalized spacial score (nSPS) is 40.4. The van der Waals surface area contributed by atoms with E-state index in [1.807, 2.05) is 0 Å². The molecule has 0 amide bonds. The number of allylic oxidation sites excluding steroid dienone is 1. The maximum absolute atomic E-state index is 4.45. The molecule has 2 saturated carbocycles. The highest BCUT2D eigenvalue weighted by atomic mass is 14.6. The van der Waals surface area contributed by atoms with Crippen molar-refractivity contribution in [2.24, 2.45) is 28.1 Å². The van der Waals surface area contributed by atoms with Gasteiger partial charge < -0.3 is 0 Å². The van der Waals surface area contributed by atoms with Crippen molar-refractivity contribution in [1.82, 2.24) is 0 Å². The van der Waals surface area contributed by atoms with Gasteiger partial charge in [0.1, 0.15) is 0 Å². The highest BCUT2D eigenvalue weighted by Gasteiger charge is 2.55. The van der Waals surface area contributed by atoms with E-state index in [0.717, 1.165) is 5.92 Å². The lowest BCUT2D eigenvalue weighted by Gasteiger charge is -2.61. The van der Waals surface area contributed by atoms with Crippen LogP contribution in [0.3, 0.4) is 0 Å². The van der Waals surface area contributed by atoms with E-state index >= 15 is 0 Å². The summed E-state index contributed by atoms with van der Waals surface area (Å²) >= 11 is 0. The van der Waals surface area contributed by atoms with Crippen LogP contribution in [0.4, 0.5) is 0 Å². The van der Waals surface area contributed by atoms with Crippen molar-refractivity contribution >= 4 is 0 Å². The highest BCUT2D eigenvalue weighted by Crippen LogP contribution is 2.64. The van der Waals surface area contributed by atoms with Gasteiger partial charge >= 0.3 is 0 Å². The molecule has 0 nitrogen and oxygen atoms in total. The molecule has 104 valence electrons. The van der Waals surface area contributed by atoms with E-state index in [1.54, 1.807) is 0 Å². The summed E-state index contributed by atoms with van der Waals surface area (Å²) in [5.41, 5.74) is 2.89. The molecule has 0 aromatic rings. The molecule has 0 N–H and O–H groups in total. The molecule has 0 aromatic carbocycles. The molecule has 2 fully saturated rings. The van der Waals surface area contributed by atoms with Gasteiger partial charge in [0, 0.05) is 0 Å². The lowest BCUT2D eigenvalue weighted by Crippen LogP contribution is -2.52. The van der Waals surface area contributed by atoms with Crippen molar-refractivity contribution in [2.45, 2.75) is 73.6 Å². The maximum atomic E-state index is 4.45. The van der Waals surface area contributed by atoms with E-state index in [4.69, 9.17) is 0 Å². The van der Waals surface area contributed by atoms with E-state index in [9.17, 15) is 0 Å². The minimum absolute atomic E-state index is 0.359. The van der Waals surface area contributed by atoms with Crippen LogP contribution in [0.15, 0.2) is 12.2 Å². The average Bonchev–Trinajstić information content (AvgIpc) is 2.12. The third-order valence-electron chi connectivity index (χ3n) is 5.96. The third-order valence-corrected chi connectivity index (χ3v) is 5.96. The summed E-state index contributed by atoms with van der Waals surface area (Å²) in [6.07, 6.45) is 6.85. The Morgan fingerprint density at radius 3 is 2.28 bits per heavy atom. The fraction of sp³-hybridized carbons (Fsp3) is 0.889. The molecule has 0 bridgehead atoms. The quantitative estimate of drug-likeness (QED) is 0.473. The predicted octanol–water partition coefficient (Wildman–Crippen LogP) is 5.83. The average molecular weight is 248 g/mol. The zero-order chi connectivity index (χ0) is 13.8. The highest BCUT2D eigenvalue weighted by molar-refractivity contribution is 5.18. The second-order valence-electron chi connectivity index (χ2n) is 8.90.